The van der Waals surface area contributed by atoms with Crippen LogP contribution in [0.4, 0.5) is 0 Å². The van der Waals surface area contributed by atoms with E-state index in [2.05, 4.69) is 4.99 Å². The molecule has 1 heterocycles. The van der Waals surface area contributed by atoms with Crippen LogP contribution in [0, 0.1) is 6.92 Å². The van der Waals surface area contributed by atoms with Gasteiger partial charge in [0.2, 0.25) is 5.90 Å². The molecule has 0 aliphatic carbocycles. The van der Waals surface area contributed by atoms with Gasteiger partial charge in [-0.15, -0.1) is 0 Å². The summed E-state index contributed by atoms with van der Waals surface area (Å²) in [7, 11) is 0. The quantitative estimate of drug-likeness (QED) is 0.580. The van der Waals surface area contributed by atoms with Gasteiger partial charge in [-0.05, 0) is 51.1 Å². The van der Waals surface area contributed by atoms with Gasteiger partial charge in [-0.25, -0.2) is 9.79 Å². The van der Waals surface area contributed by atoms with E-state index in [4.69, 9.17) is 14.2 Å². The van der Waals surface area contributed by atoms with Gasteiger partial charge in [0.15, 0.2) is 5.70 Å². The zero-order valence-corrected chi connectivity index (χ0v) is 15.1. The maximum absolute atomic E-state index is 12.2. The van der Waals surface area contributed by atoms with Crippen LogP contribution in [-0.2, 0) is 9.53 Å². The Hall–Kier alpha value is -3.08. The Morgan fingerprint density at radius 1 is 1.08 bits per heavy atom. The number of aryl methyl sites for hydroxylation is 1. The molecule has 26 heavy (non-hydrogen) atoms. The summed E-state index contributed by atoms with van der Waals surface area (Å²) in [6, 6.07) is 13.2. The first kappa shape index (κ1) is 17.7. The van der Waals surface area contributed by atoms with Crippen LogP contribution in [-0.4, -0.2) is 25.1 Å². The molecule has 0 N–H and O–H groups in total. The number of benzene rings is 2. The number of carbonyl (C=O) groups is 1. The van der Waals surface area contributed by atoms with E-state index >= 15 is 0 Å². The van der Waals surface area contributed by atoms with Crippen molar-refractivity contribution in [2.75, 3.05) is 13.2 Å². The van der Waals surface area contributed by atoms with E-state index in [1.807, 2.05) is 63.2 Å². The van der Waals surface area contributed by atoms with Crippen LogP contribution in [0.15, 0.2) is 53.2 Å². The molecule has 3 rings (SSSR count). The molecule has 0 unspecified atom stereocenters. The Morgan fingerprint density at radius 2 is 1.88 bits per heavy atom. The molecule has 1 aliphatic heterocycles. The minimum absolute atomic E-state index is 0.242. The molecule has 5 nitrogen and oxygen atoms in total. The molecule has 0 saturated carbocycles. The summed E-state index contributed by atoms with van der Waals surface area (Å²) in [4.78, 5) is 16.6. The highest BCUT2D eigenvalue weighted by molar-refractivity contribution is 6.13. The predicted octanol–water partition coefficient (Wildman–Crippen LogP) is 4.14. The SMILES string of the molecule is CCOc1ccc(C=C2N=C(c3cccc(C)c3)OC2=O)c(OCC)c1. The van der Waals surface area contributed by atoms with Gasteiger partial charge in [-0.3, -0.25) is 0 Å². The van der Waals surface area contributed by atoms with Gasteiger partial charge in [-0.2, -0.15) is 0 Å². The van der Waals surface area contributed by atoms with Crippen molar-refractivity contribution >= 4 is 17.9 Å². The van der Waals surface area contributed by atoms with Gasteiger partial charge in [0.05, 0.1) is 13.2 Å². The number of aliphatic imine (C=N–C) groups is 1. The van der Waals surface area contributed by atoms with E-state index in [-0.39, 0.29) is 5.70 Å². The third-order valence-electron chi connectivity index (χ3n) is 3.77. The highest BCUT2D eigenvalue weighted by Gasteiger charge is 2.24. The molecule has 0 bridgehead atoms. The van der Waals surface area contributed by atoms with Crippen LogP contribution in [0.5, 0.6) is 11.5 Å². The first-order valence-electron chi connectivity index (χ1n) is 8.60. The lowest BCUT2D eigenvalue weighted by Crippen LogP contribution is -2.05. The number of rotatable bonds is 6. The maximum atomic E-state index is 12.2. The molecular formula is C21H21NO4. The van der Waals surface area contributed by atoms with Crippen molar-refractivity contribution in [3.63, 3.8) is 0 Å². The second kappa shape index (κ2) is 7.87. The minimum atomic E-state index is -0.474. The molecule has 134 valence electrons. The molecule has 0 atom stereocenters. The smallest absolute Gasteiger partial charge is 0.363 e. The number of cyclic esters (lactones) is 1. The zero-order valence-electron chi connectivity index (χ0n) is 15.1. The second-order valence-electron chi connectivity index (χ2n) is 5.77. The molecular weight excluding hydrogens is 330 g/mol. The van der Waals surface area contributed by atoms with E-state index in [0.29, 0.717) is 24.9 Å². The lowest BCUT2D eigenvalue weighted by molar-refractivity contribution is -0.129. The fraction of sp³-hybridized carbons (Fsp3) is 0.238. The van der Waals surface area contributed by atoms with Crippen LogP contribution in [0.3, 0.4) is 0 Å². The Balaban J connectivity index is 1.95. The summed E-state index contributed by atoms with van der Waals surface area (Å²) in [5.74, 6) is 1.20. The largest absolute Gasteiger partial charge is 0.494 e. The Kier molecular flexibility index (Phi) is 5.37. The van der Waals surface area contributed by atoms with E-state index in [1.54, 1.807) is 6.08 Å². The highest BCUT2D eigenvalue weighted by atomic mass is 16.6. The molecule has 5 heteroatoms. The molecule has 0 amide bonds. The summed E-state index contributed by atoms with van der Waals surface area (Å²) >= 11 is 0. The van der Waals surface area contributed by atoms with E-state index in [9.17, 15) is 4.79 Å². The molecule has 0 aromatic heterocycles. The fourth-order valence-corrected chi connectivity index (χ4v) is 2.63. The molecule has 0 saturated heterocycles. The lowest BCUT2D eigenvalue weighted by Gasteiger charge is -2.10. The maximum Gasteiger partial charge on any atom is 0.363 e. The molecule has 0 radical (unpaired) electrons. The van der Waals surface area contributed by atoms with Crippen molar-refractivity contribution in [2.24, 2.45) is 4.99 Å². The topological polar surface area (TPSA) is 57.1 Å². The fourth-order valence-electron chi connectivity index (χ4n) is 2.63. The first-order valence-corrected chi connectivity index (χ1v) is 8.60. The van der Waals surface area contributed by atoms with Crippen molar-refractivity contribution in [3.8, 4) is 11.5 Å². The highest BCUT2D eigenvalue weighted by Crippen LogP contribution is 2.29. The number of carbonyl (C=O) groups excluding carboxylic acids is 1. The Labute approximate surface area is 152 Å². The first-order chi connectivity index (χ1) is 12.6. The third kappa shape index (κ3) is 3.94. The van der Waals surface area contributed by atoms with Crippen LogP contribution in [0.25, 0.3) is 6.08 Å². The Bertz CT molecular complexity index is 883. The van der Waals surface area contributed by atoms with Gasteiger partial charge in [0, 0.05) is 17.2 Å². The van der Waals surface area contributed by atoms with Crippen molar-refractivity contribution in [2.45, 2.75) is 20.8 Å². The second-order valence-corrected chi connectivity index (χ2v) is 5.77. The molecule has 0 fully saturated rings. The number of esters is 1. The standard InChI is InChI=1S/C21H21NO4/c1-4-24-17-10-9-15(19(13-17)25-5-2)12-18-21(23)26-20(22-18)16-8-6-7-14(3)11-16/h6-13H,4-5H2,1-3H3. The predicted molar refractivity (Wildman–Crippen MR) is 101 cm³/mol. The summed E-state index contributed by atoms with van der Waals surface area (Å²) in [5.41, 5.74) is 2.84. The Morgan fingerprint density at radius 3 is 2.62 bits per heavy atom. The number of hydrogen-bond donors (Lipinski definition) is 0. The van der Waals surface area contributed by atoms with Crippen molar-refractivity contribution < 1.29 is 19.0 Å². The van der Waals surface area contributed by atoms with E-state index in [1.165, 1.54) is 0 Å². The van der Waals surface area contributed by atoms with E-state index in [0.717, 1.165) is 22.4 Å². The van der Waals surface area contributed by atoms with Crippen LogP contribution in [0.1, 0.15) is 30.5 Å². The van der Waals surface area contributed by atoms with Gasteiger partial charge in [0.25, 0.3) is 0 Å². The third-order valence-corrected chi connectivity index (χ3v) is 3.77. The summed E-state index contributed by atoms with van der Waals surface area (Å²) in [5, 5.41) is 0. The summed E-state index contributed by atoms with van der Waals surface area (Å²) < 4.78 is 16.5. The number of ether oxygens (including phenoxy) is 3. The van der Waals surface area contributed by atoms with Gasteiger partial charge < -0.3 is 14.2 Å². The average Bonchev–Trinajstić information content (AvgIpc) is 2.98. The van der Waals surface area contributed by atoms with Gasteiger partial charge >= 0.3 is 5.97 Å². The molecule has 2 aromatic rings. The monoisotopic (exact) mass is 351 g/mol. The number of hydrogen-bond acceptors (Lipinski definition) is 5. The van der Waals surface area contributed by atoms with Crippen LogP contribution in [0.2, 0.25) is 0 Å². The zero-order chi connectivity index (χ0) is 18.5. The van der Waals surface area contributed by atoms with E-state index < -0.39 is 5.97 Å². The van der Waals surface area contributed by atoms with Crippen LogP contribution < -0.4 is 9.47 Å². The van der Waals surface area contributed by atoms with Crippen molar-refractivity contribution in [1.82, 2.24) is 0 Å². The van der Waals surface area contributed by atoms with Gasteiger partial charge in [0.1, 0.15) is 11.5 Å². The lowest BCUT2D eigenvalue weighted by atomic mass is 10.1. The molecule has 2 aromatic carbocycles. The normalized spacial score (nSPS) is 15.0. The molecule has 0 spiro atoms. The van der Waals surface area contributed by atoms with Gasteiger partial charge in [-0.1, -0.05) is 17.7 Å². The summed E-state index contributed by atoms with van der Waals surface area (Å²) in [6.07, 6.45) is 1.67. The van der Waals surface area contributed by atoms with Crippen LogP contribution >= 0.6 is 0 Å². The van der Waals surface area contributed by atoms with Crippen molar-refractivity contribution in [3.05, 3.63) is 64.9 Å². The molecule has 1 aliphatic rings. The van der Waals surface area contributed by atoms with Crippen molar-refractivity contribution in [1.29, 1.82) is 0 Å². The number of nitrogens with zero attached hydrogens (tertiary/aromatic N) is 1. The average molecular weight is 351 g/mol. The minimum Gasteiger partial charge on any atom is -0.494 e. The summed E-state index contributed by atoms with van der Waals surface area (Å²) in [6.45, 7) is 6.89.